The van der Waals surface area contributed by atoms with Crippen LogP contribution < -0.4 is 4.74 Å². The maximum absolute atomic E-state index is 11.4. The zero-order valence-electron chi connectivity index (χ0n) is 12.0. The third-order valence-corrected chi connectivity index (χ3v) is 4.23. The molecule has 20 heavy (non-hydrogen) atoms. The molecule has 1 aromatic rings. The van der Waals surface area contributed by atoms with Crippen LogP contribution in [0.4, 0.5) is 0 Å². The second kappa shape index (κ2) is 4.51. The molecule has 0 spiro atoms. The fourth-order valence-electron chi connectivity index (χ4n) is 2.74. The van der Waals surface area contributed by atoms with Gasteiger partial charge in [0.25, 0.3) is 0 Å². The Morgan fingerprint density at radius 1 is 1.10 bits per heavy atom. The topological polar surface area (TPSA) is 83.8 Å². The van der Waals surface area contributed by atoms with E-state index in [-0.39, 0.29) is 0 Å². The maximum atomic E-state index is 11.4. The number of carboxylic acids is 2. The Labute approximate surface area is 117 Å². The van der Waals surface area contributed by atoms with Crippen LogP contribution in [0.1, 0.15) is 46.0 Å². The van der Waals surface area contributed by atoms with Crippen molar-refractivity contribution in [2.24, 2.45) is 0 Å². The Kier molecular flexibility index (Phi) is 3.24. The molecule has 5 heteroatoms. The number of fused-ring (bicyclic) bond motifs is 1. The highest BCUT2D eigenvalue weighted by Crippen LogP contribution is 2.41. The Morgan fingerprint density at radius 3 is 2.20 bits per heavy atom. The van der Waals surface area contributed by atoms with E-state index >= 15 is 0 Å². The summed E-state index contributed by atoms with van der Waals surface area (Å²) in [6.45, 7) is 6.80. The molecule has 108 valence electrons. The van der Waals surface area contributed by atoms with Crippen LogP contribution in [0.2, 0.25) is 0 Å². The average molecular weight is 278 g/mol. The number of aliphatic carboxylic acids is 1. The number of aromatic carboxylic acids is 1. The third kappa shape index (κ3) is 1.94. The molecule has 0 aromatic heterocycles. The van der Waals surface area contributed by atoms with Gasteiger partial charge in [-0.25, -0.2) is 9.59 Å². The van der Waals surface area contributed by atoms with Gasteiger partial charge in [0.2, 0.25) is 5.60 Å². The number of ether oxygens (including phenoxy) is 1. The molecule has 1 unspecified atom stereocenters. The summed E-state index contributed by atoms with van der Waals surface area (Å²) in [7, 11) is 0. The molecule has 0 amide bonds. The standard InChI is InChI=1S/C15H18O5/c1-7-8(2)12-10(9(3)11(7)13(16)17)5-6-15(4,20-12)14(18)19/h5-6H2,1-4H3,(H,16,17)(H,18,19). The lowest BCUT2D eigenvalue weighted by atomic mass is 9.85. The van der Waals surface area contributed by atoms with Gasteiger partial charge in [0.1, 0.15) is 5.75 Å². The molecule has 2 rings (SSSR count). The van der Waals surface area contributed by atoms with Crippen molar-refractivity contribution in [2.45, 2.75) is 46.1 Å². The zero-order valence-corrected chi connectivity index (χ0v) is 12.0. The first-order valence-electron chi connectivity index (χ1n) is 6.47. The van der Waals surface area contributed by atoms with E-state index in [2.05, 4.69) is 0 Å². The molecule has 1 aliphatic heterocycles. The Morgan fingerprint density at radius 2 is 1.70 bits per heavy atom. The smallest absolute Gasteiger partial charge is 0.347 e. The quantitative estimate of drug-likeness (QED) is 0.868. The maximum Gasteiger partial charge on any atom is 0.347 e. The molecule has 0 radical (unpaired) electrons. The molecule has 1 heterocycles. The third-order valence-electron chi connectivity index (χ3n) is 4.23. The highest BCUT2D eigenvalue weighted by atomic mass is 16.5. The van der Waals surface area contributed by atoms with E-state index in [0.29, 0.717) is 40.8 Å². The predicted octanol–water partition coefficient (Wildman–Crippen LogP) is 2.48. The number of rotatable bonds is 2. The highest BCUT2D eigenvalue weighted by molar-refractivity contribution is 5.93. The van der Waals surface area contributed by atoms with Crippen LogP contribution in [-0.2, 0) is 11.2 Å². The van der Waals surface area contributed by atoms with Crippen LogP contribution in [-0.4, -0.2) is 27.8 Å². The molecule has 1 aromatic carbocycles. The van der Waals surface area contributed by atoms with Gasteiger partial charge in [-0.3, -0.25) is 0 Å². The molecule has 0 saturated carbocycles. The first-order valence-corrected chi connectivity index (χ1v) is 6.47. The van der Waals surface area contributed by atoms with Gasteiger partial charge in [-0.05, 0) is 56.4 Å². The van der Waals surface area contributed by atoms with E-state index in [9.17, 15) is 19.8 Å². The van der Waals surface area contributed by atoms with Gasteiger partial charge in [0.05, 0.1) is 5.56 Å². The van der Waals surface area contributed by atoms with Gasteiger partial charge < -0.3 is 14.9 Å². The van der Waals surface area contributed by atoms with Crippen LogP contribution in [0.15, 0.2) is 0 Å². The second-order valence-corrected chi connectivity index (χ2v) is 5.50. The Balaban J connectivity index is 2.67. The van der Waals surface area contributed by atoms with Crippen LogP contribution in [0.25, 0.3) is 0 Å². The first-order chi connectivity index (χ1) is 9.19. The van der Waals surface area contributed by atoms with Gasteiger partial charge >= 0.3 is 11.9 Å². The lowest BCUT2D eigenvalue weighted by Crippen LogP contribution is -2.44. The SMILES string of the molecule is Cc1c(C)c(C(=O)O)c(C)c2c1OC(C)(C(=O)O)CC2. The summed E-state index contributed by atoms with van der Waals surface area (Å²) in [6.07, 6.45) is 0.836. The van der Waals surface area contributed by atoms with Gasteiger partial charge in [0.15, 0.2) is 0 Å². The average Bonchev–Trinajstić information content (AvgIpc) is 2.35. The fraction of sp³-hybridized carbons (Fsp3) is 0.467. The van der Waals surface area contributed by atoms with E-state index in [1.54, 1.807) is 27.7 Å². The van der Waals surface area contributed by atoms with Crippen LogP contribution in [0.3, 0.4) is 0 Å². The molecule has 0 bridgehead atoms. The number of carbonyl (C=O) groups is 2. The van der Waals surface area contributed by atoms with Crippen LogP contribution in [0.5, 0.6) is 5.75 Å². The molecule has 0 aliphatic carbocycles. The first kappa shape index (κ1) is 14.4. The van der Waals surface area contributed by atoms with E-state index in [4.69, 9.17) is 4.74 Å². The lowest BCUT2D eigenvalue weighted by molar-refractivity contribution is -0.155. The summed E-state index contributed by atoms with van der Waals surface area (Å²) < 4.78 is 5.72. The van der Waals surface area contributed by atoms with Crippen molar-refractivity contribution in [3.05, 3.63) is 27.8 Å². The van der Waals surface area contributed by atoms with Gasteiger partial charge in [-0.15, -0.1) is 0 Å². The summed E-state index contributed by atoms with van der Waals surface area (Å²) in [4.78, 5) is 22.7. The summed E-state index contributed by atoms with van der Waals surface area (Å²) in [5.41, 5.74) is 1.86. The molecule has 1 atom stereocenters. The molecule has 0 saturated heterocycles. The van der Waals surface area contributed by atoms with Gasteiger partial charge in [-0.2, -0.15) is 0 Å². The Hall–Kier alpha value is -2.04. The summed E-state index contributed by atoms with van der Waals surface area (Å²) in [5.74, 6) is -1.43. The van der Waals surface area contributed by atoms with Crippen molar-refractivity contribution in [3.63, 3.8) is 0 Å². The second-order valence-electron chi connectivity index (χ2n) is 5.50. The van der Waals surface area contributed by atoms with E-state index in [0.717, 1.165) is 5.56 Å². The van der Waals surface area contributed by atoms with Crippen molar-refractivity contribution >= 4 is 11.9 Å². The number of benzene rings is 1. The minimum atomic E-state index is -1.25. The van der Waals surface area contributed by atoms with Crippen LogP contribution >= 0.6 is 0 Å². The zero-order chi connectivity index (χ0) is 15.2. The summed E-state index contributed by atoms with van der Waals surface area (Å²) in [6, 6.07) is 0. The minimum Gasteiger partial charge on any atom is -0.478 e. The van der Waals surface area contributed by atoms with E-state index in [1.807, 2.05) is 0 Å². The molecular weight excluding hydrogens is 260 g/mol. The van der Waals surface area contributed by atoms with E-state index < -0.39 is 17.5 Å². The van der Waals surface area contributed by atoms with Crippen molar-refractivity contribution in [1.82, 2.24) is 0 Å². The molecule has 0 fully saturated rings. The van der Waals surface area contributed by atoms with Crippen molar-refractivity contribution in [1.29, 1.82) is 0 Å². The normalized spacial score (nSPS) is 21.0. The molecule has 1 aliphatic rings. The predicted molar refractivity (Wildman–Crippen MR) is 72.6 cm³/mol. The summed E-state index contributed by atoms with van der Waals surface area (Å²) in [5, 5.41) is 18.6. The molecular formula is C15H18O5. The highest BCUT2D eigenvalue weighted by Gasteiger charge is 2.41. The van der Waals surface area contributed by atoms with Gasteiger partial charge in [0, 0.05) is 6.42 Å². The van der Waals surface area contributed by atoms with E-state index in [1.165, 1.54) is 0 Å². The van der Waals surface area contributed by atoms with Crippen LogP contribution in [0, 0.1) is 20.8 Å². The minimum absolute atomic E-state index is 0.295. The number of carboxylic acid groups (broad SMARTS) is 2. The van der Waals surface area contributed by atoms with Crippen molar-refractivity contribution < 1.29 is 24.5 Å². The fourth-order valence-corrected chi connectivity index (χ4v) is 2.74. The number of hydrogen-bond acceptors (Lipinski definition) is 3. The summed E-state index contributed by atoms with van der Waals surface area (Å²) >= 11 is 0. The Bertz CT molecular complexity index is 617. The largest absolute Gasteiger partial charge is 0.478 e. The van der Waals surface area contributed by atoms with Gasteiger partial charge in [-0.1, -0.05) is 0 Å². The van der Waals surface area contributed by atoms with Crippen molar-refractivity contribution in [3.8, 4) is 5.75 Å². The monoisotopic (exact) mass is 278 g/mol. The molecule has 2 N–H and O–H groups in total. The lowest BCUT2D eigenvalue weighted by Gasteiger charge is -2.35. The number of hydrogen-bond donors (Lipinski definition) is 2. The molecule has 5 nitrogen and oxygen atoms in total. The van der Waals surface area contributed by atoms with Crippen molar-refractivity contribution in [2.75, 3.05) is 0 Å².